The lowest BCUT2D eigenvalue weighted by molar-refractivity contribution is 1.13. The summed E-state index contributed by atoms with van der Waals surface area (Å²) in [5, 5.41) is 0. The lowest BCUT2D eigenvalue weighted by Crippen LogP contribution is -2.08. The van der Waals surface area contributed by atoms with Gasteiger partial charge in [0.1, 0.15) is 0 Å². The second kappa shape index (κ2) is 5.40. The maximum absolute atomic E-state index is 4.17. The number of anilines is 1. The molecule has 0 saturated carbocycles. The fraction of sp³-hybridized carbons (Fsp3) is 0.125. The molecule has 92 valence electrons. The van der Waals surface area contributed by atoms with Crippen LogP contribution in [0.1, 0.15) is 11.1 Å². The van der Waals surface area contributed by atoms with Crippen LogP contribution < -0.4 is 4.90 Å². The molecular weight excluding hydrogens is 286 g/mol. The molecule has 0 atom stereocenters. The third-order valence-electron chi connectivity index (χ3n) is 2.92. The highest BCUT2D eigenvalue weighted by atomic mass is 79.9. The van der Waals surface area contributed by atoms with Gasteiger partial charge in [-0.2, -0.15) is 0 Å². The van der Waals surface area contributed by atoms with Crippen molar-refractivity contribution in [3.8, 4) is 0 Å². The molecule has 2 heteroatoms. The van der Waals surface area contributed by atoms with Crippen LogP contribution in [0.15, 0.2) is 59.6 Å². The summed E-state index contributed by atoms with van der Waals surface area (Å²) in [5.74, 6) is 0. The van der Waals surface area contributed by atoms with Gasteiger partial charge in [0.2, 0.25) is 0 Å². The molecule has 1 nitrogen and oxygen atoms in total. The summed E-state index contributed by atoms with van der Waals surface area (Å²) in [6.45, 7) is 4.17. The Kier molecular flexibility index (Phi) is 3.87. The smallest absolute Gasteiger partial charge is 0.0361 e. The van der Waals surface area contributed by atoms with E-state index in [9.17, 15) is 0 Å². The summed E-state index contributed by atoms with van der Waals surface area (Å²) in [5.41, 5.74) is 4.55. The molecule has 0 bridgehead atoms. The standard InChI is InChI=1S/C16H16BrN/c1-12(13-4-8-15(17)9-5-13)14-6-10-16(11-7-14)18(2)3/h4-11H,1H2,2-3H3. The molecule has 2 aromatic rings. The monoisotopic (exact) mass is 301 g/mol. The maximum Gasteiger partial charge on any atom is 0.0361 e. The van der Waals surface area contributed by atoms with E-state index in [0.717, 1.165) is 21.2 Å². The summed E-state index contributed by atoms with van der Waals surface area (Å²) in [7, 11) is 4.08. The Balaban J connectivity index is 2.26. The molecule has 0 unspecified atom stereocenters. The number of hydrogen-bond donors (Lipinski definition) is 0. The molecule has 2 aromatic carbocycles. The normalized spacial score (nSPS) is 10.2. The molecular formula is C16H16BrN. The molecule has 2 rings (SSSR count). The van der Waals surface area contributed by atoms with Gasteiger partial charge in [-0.3, -0.25) is 0 Å². The molecule has 0 aliphatic carbocycles. The SMILES string of the molecule is C=C(c1ccc(Br)cc1)c1ccc(N(C)C)cc1. The van der Waals surface area contributed by atoms with Crippen molar-refractivity contribution >= 4 is 27.2 Å². The van der Waals surface area contributed by atoms with Gasteiger partial charge in [-0.1, -0.05) is 46.8 Å². The van der Waals surface area contributed by atoms with Crippen molar-refractivity contribution in [3.05, 3.63) is 70.7 Å². The zero-order valence-electron chi connectivity index (χ0n) is 10.7. The fourth-order valence-corrected chi connectivity index (χ4v) is 2.04. The maximum atomic E-state index is 4.17. The van der Waals surface area contributed by atoms with Crippen molar-refractivity contribution in [1.82, 2.24) is 0 Å². The Morgan fingerprint density at radius 3 is 1.78 bits per heavy atom. The van der Waals surface area contributed by atoms with Gasteiger partial charge in [-0.05, 0) is 41.0 Å². The summed E-state index contributed by atoms with van der Waals surface area (Å²) in [6.07, 6.45) is 0. The van der Waals surface area contributed by atoms with Crippen molar-refractivity contribution in [3.63, 3.8) is 0 Å². The van der Waals surface area contributed by atoms with Crippen LogP contribution in [-0.4, -0.2) is 14.1 Å². The first kappa shape index (κ1) is 12.9. The van der Waals surface area contributed by atoms with Gasteiger partial charge in [-0.25, -0.2) is 0 Å². The average Bonchev–Trinajstić information content (AvgIpc) is 2.39. The Bertz CT molecular complexity index is 538. The molecule has 0 heterocycles. The molecule has 0 aromatic heterocycles. The first-order valence-electron chi connectivity index (χ1n) is 5.80. The predicted molar refractivity (Wildman–Crippen MR) is 83.0 cm³/mol. The number of benzene rings is 2. The molecule has 0 spiro atoms. The lowest BCUT2D eigenvalue weighted by atomic mass is 9.99. The van der Waals surface area contributed by atoms with E-state index in [0.29, 0.717) is 0 Å². The predicted octanol–water partition coefficient (Wildman–Crippen LogP) is 4.58. The zero-order valence-corrected chi connectivity index (χ0v) is 12.2. The van der Waals surface area contributed by atoms with E-state index < -0.39 is 0 Å². The van der Waals surface area contributed by atoms with E-state index in [1.807, 2.05) is 26.2 Å². The highest BCUT2D eigenvalue weighted by Crippen LogP contribution is 2.24. The molecule has 18 heavy (non-hydrogen) atoms. The number of rotatable bonds is 3. The molecule has 0 aliphatic heterocycles. The molecule has 0 amide bonds. The van der Waals surface area contributed by atoms with E-state index in [-0.39, 0.29) is 0 Å². The highest BCUT2D eigenvalue weighted by Gasteiger charge is 2.03. The largest absolute Gasteiger partial charge is 0.378 e. The van der Waals surface area contributed by atoms with Crippen LogP contribution in [0.25, 0.3) is 5.57 Å². The van der Waals surface area contributed by atoms with E-state index in [2.05, 4.69) is 63.8 Å². The topological polar surface area (TPSA) is 3.24 Å². The molecule has 0 N–H and O–H groups in total. The number of hydrogen-bond acceptors (Lipinski definition) is 1. The van der Waals surface area contributed by atoms with Crippen molar-refractivity contribution in [2.24, 2.45) is 0 Å². The van der Waals surface area contributed by atoms with Gasteiger partial charge >= 0.3 is 0 Å². The van der Waals surface area contributed by atoms with Crippen molar-refractivity contribution in [1.29, 1.82) is 0 Å². The van der Waals surface area contributed by atoms with Crippen LogP contribution in [0, 0.1) is 0 Å². The minimum Gasteiger partial charge on any atom is -0.378 e. The van der Waals surface area contributed by atoms with Crippen molar-refractivity contribution < 1.29 is 0 Å². The Labute approximate surface area is 117 Å². The van der Waals surface area contributed by atoms with Crippen LogP contribution in [-0.2, 0) is 0 Å². The zero-order chi connectivity index (χ0) is 13.1. The van der Waals surface area contributed by atoms with E-state index in [4.69, 9.17) is 0 Å². The first-order chi connectivity index (χ1) is 8.58. The van der Waals surface area contributed by atoms with Gasteiger partial charge in [0.05, 0.1) is 0 Å². The van der Waals surface area contributed by atoms with Gasteiger partial charge < -0.3 is 4.90 Å². The summed E-state index contributed by atoms with van der Waals surface area (Å²) < 4.78 is 1.09. The Morgan fingerprint density at radius 2 is 1.33 bits per heavy atom. The van der Waals surface area contributed by atoms with E-state index in [1.165, 1.54) is 5.69 Å². The molecule has 0 aliphatic rings. The van der Waals surface area contributed by atoms with E-state index >= 15 is 0 Å². The number of nitrogens with zero attached hydrogens (tertiary/aromatic N) is 1. The minimum atomic E-state index is 1.05. The van der Waals surface area contributed by atoms with Gasteiger partial charge in [0.15, 0.2) is 0 Å². The lowest BCUT2D eigenvalue weighted by Gasteiger charge is -2.13. The minimum absolute atomic E-state index is 1.05. The van der Waals surface area contributed by atoms with Gasteiger partial charge in [0.25, 0.3) is 0 Å². The third-order valence-corrected chi connectivity index (χ3v) is 3.45. The van der Waals surface area contributed by atoms with Crippen LogP contribution in [0.2, 0.25) is 0 Å². The Hall–Kier alpha value is -1.54. The van der Waals surface area contributed by atoms with Crippen LogP contribution in [0.4, 0.5) is 5.69 Å². The van der Waals surface area contributed by atoms with Gasteiger partial charge in [-0.15, -0.1) is 0 Å². The fourth-order valence-electron chi connectivity index (χ4n) is 1.78. The van der Waals surface area contributed by atoms with Gasteiger partial charge in [0, 0.05) is 24.3 Å². The van der Waals surface area contributed by atoms with Crippen LogP contribution >= 0.6 is 15.9 Å². The van der Waals surface area contributed by atoms with Crippen molar-refractivity contribution in [2.75, 3.05) is 19.0 Å². The summed E-state index contributed by atoms with van der Waals surface area (Å²) in [4.78, 5) is 2.09. The number of halogens is 1. The van der Waals surface area contributed by atoms with E-state index in [1.54, 1.807) is 0 Å². The quantitative estimate of drug-likeness (QED) is 0.802. The third kappa shape index (κ3) is 2.82. The average molecular weight is 302 g/mol. The van der Waals surface area contributed by atoms with Crippen LogP contribution in [0.5, 0.6) is 0 Å². The molecule has 0 radical (unpaired) electrons. The highest BCUT2D eigenvalue weighted by molar-refractivity contribution is 9.10. The second-order valence-electron chi connectivity index (χ2n) is 4.43. The molecule has 0 fully saturated rings. The summed E-state index contributed by atoms with van der Waals surface area (Å²) in [6, 6.07) is 16.7. The van der Waals surface area contributed by atoms with Crippen molar-refractivity contribution in [2.45, 2.75) is 0 Å². The first-order valence-corrected chi connectivity index (χ1v) is 6.60. The second-order valence-corrected chi connectivity index (χ2v) is 5.34. The molecule has 0 saturated heterocycles. The Morgan fingerprint density at radius 1 is 0.889 bits per heavy atom. The summed E-state index contributed by atoms with van der Waals surface area (Å²) >= 11 is 3.44. The van der Waals surface area contributed by atoms with Crippen LogP contribution in [0.3, 0.4) is 0 Å².